The lowest BCUT2D eigenvalue weighted by molar-refractivity contribution is -0.118. The van der Waals surface area contributed by atoms with Crippen molar-refractivity contribution in [2.45, 2.75) is 75.7 Å². The molecule has 1 aliphatic carbocycles. The maximum absolute atomic E-state index is 15.3. The molecule has 4 unspecified atom stereocenters. The van der Waals surface area contributed by atoms with Gasteiger partial charge >= 0.3 is 6.09 Å². The standard InChI is InChI=1S/C30H40ClFN4O5S/c1-18(2)27(20-7-5-8-21(31)15-20)28(35-30(38)41-4)29(37)34-26-10-6-9-25(32)24(26)14-11-22-17-33-16-19(3)36(22)42(39,40)23-12-13-23/h5-10,15,18-19,22-23,27-28,33H,11-14,16-17H2,1-4H3,(H,34,37)(H,35,38). The van der Waals surface area contributed by atoms with Gasteiger partial charge < -0.3 is 20.7 Å². The van der Waals surface area contributed by atoms with Gasteiger partial charge in [0.2, 0.25) is 15.9 Å². The fourth-order valence-corrected chi connectivity index (χ4v) is 8.30. The van der Waals surface area contributed by atoms with E-state index in [9.17, 15) is 18.0 Å². The Kier molecular flexibility index (Phi) is 10.5. The van der Waals surface area contributed by atoms with Crippen LogP contribution in [0.25, 0.3) is 0 Å². The number of piperazine rings is 1. The van der Waals surface area contributed by atoms with Crippen molar-refractivity contribution in [3.8, 4) is 0 Å². The van der Waals surface area contributed by atoms with Crippen molar-refractivity contribution >= 4 is 39.3 Å². The Morgan fingerprint density at radius 2 is 1.88 bits per heavy atom. The molecular weight excluding hydrogens is 583 g/mol. The SMILES string of the molecule is COC(=O)NC(C(=O)Nc1cccc(F)c1CCC1CNCC(C)N1S(=O)(=O)C1CC1)C(c1cccc(Cl)c1)C(C)C. The number of rotatable bonds is 11. The molecule has 2 fully saturated rings. The molecule has 42 heavy (non-hydrogen) atoms. The lowest BCUT2D eigenvalue weighted by atomic mass is 9.82. The van der Waals surface area contributed by atoms with Crippen LogP contribution in [0.4, 0.5) is 14.9 Å². The Hall–Kier alpha value is -2.73. The van der Waals surface area contributed by atoms with Gasteiger partial charge in [0.25, 0.3) is 0 Å². The normalized spacial score (nSPS) is 21.0. The van der Waals surface area contributed by atoms with E-state index in [4.69, 9.17) is 16.3 Å². The number of sulfonamides is 1. The summed E-state index contributed by atoms with van der Waals surface area (Å²) in [4.78, 5) is 26.1. The number of methoxy groups -OCH3 is 1. The second kappa shape index (κ2) is 13.7. The highest BCUT2D eigenvalue weighted by molar-refractivity contribution is 7.90. The number of amides is 2. The van der Waals surface area contributed by atoms with E-state index in [2.05, 4.69) is 16.0 Å². The van der Waals surface area contributed by atoms with Crippen molar-refractivity contribution in [1.82, 2.24) is 14.9 Å². The molecule has 12 heteroatoms. The van der Waals surface area contributed by atoms with E-state index in [1.165, 1.54) is 19.2 Å². The Morgan fingerprint density at radius 1 is 1.17 bits per heavy atom. The first-order chi connectivity index (χ1) is 19.9. The van der Waals surface area contributed by atoms with Gasteiger partial charge in [-0.3, -0.25) is 4.79 Å². The van der Waals surface area contributed by atoms with E-state index in [1.807, 2.05) is 26.8 Å². The summed E-state index contributed by atoms with van der Waals surface area (Å²) in [5.41, 5.74) is 1.29. The van der Waals surface area contributed by atoms with Gasteiger partial charge in [0.05, 0.1) is 12.4 Å². The van der Waals surface area contributed by atoms with Gasteiger partial charge in [0.15, 0.2) is 0 Å². The Bertz CT molecular complexity index is 1390. The Morgan fingerprint density at radius 3 is 2.52 bits per heavy atom. The highest BCUT2D eigenvalue weighted by atomic mass is 35.5. The number of nitrogens with zero attached hydrogens (tertiary/aromatic N) is 1. The van der Waals surface area contributed by atoms with Crippen molar-refractivity contribution < 1.29 is 27.1 Å². The summed E-state index contributed by atoms with van der Waals surface area (Å²) in [6.07, 6.45) is 1.13. The molecule has 1 aliphatic heterocycles. The molecule has 4 rings (SSSR count). The summed E-state index contributed by atoms with van der Waals surface area (Å²) in [5, 5.41) is 8.94. The average molecular weight is 623 g/mol. The zero-order chi connectivity index (χ0) is 30.6. The fraction of sp³-hybridized carbons (Fsp3) is 0.533. The molecule has 230 valence electrons. The Balaban J connectivity index is 1.59. The van der Waals surface area contributed by atoms with Crippen LogP contribution in [0.5, 0.6) is 0 Å². The van der Waals surface area contributed by atoms with E-state index < -0.39 is 39.8 Å². The molecule has 2 aliphatic rings. The van der Waals surface area contributed by atoms with E-state index in [0.29, 0.717) is 37.4 Å². The first kappa shape index (κ1) is 32.2. The molecular formula is C30H40ClFN4O5S. The third-order valence-corrected chi connectivity index (χ3v) is 10.8. The number of anilines is 1. The van der Waals surface area contributed by atoms with Crippen molar-refractivity contribution in [3.63, 3.8) is 0 Å². The number of alkyl carbamates (subject to hydrolysis) is 1. The minimum Gasteiger partial charge on any atom is -0.453 e. The zero-order valence-electron chi connectivity index (χ0n) is 24.4. The number of ether oxygens (including phenoxy) is 1. The number of hydrogen-bond donors (Lipinski definition) is 3. The predicted octanol–water partition coefficient (Wildman–Crippen LogP) is 4.67. The molecule has 2 aromatic rings. The molecule has 0 radical (unpaired) electrons. The predicted molar refractivity (Wildman–Crippen MR) is 162 cm³/mol. The molecule has 1 saturated carbocycles. The summed E-state index contributed by atoms with van der Waals surface area (Å²) in [6.45, 7) is 6.76. The van der Waals surface area contributed by atoms with E-state index in [-0.39, 0.29) is 40.9 Å². The zero-order valence-corrected chi connectivity index (χ0v) is 26.0. The molecule has 0 bridgehead atoms. The quantitative estimate of drug-likeness (QED) is 0.335. The third kappa shape index (κ3) is 7.42. The second-order valence-electron chi connectivity index (χ2n) is 11.5. The highest BCUT2D eigenvalue weighted by Gasteiger charge is 2.45. The van der Waals surface area contributed by atoms with Gasteiger partial charge in [-0.15, -0.1) is 0 Å². The summed E-state index contributed by atoms with van der Waals surface area (Å²) in [6, 6.07) is 9.90. The lowest BCUT2D eigenvalue weighted by Gasteiger charge is -2.40. The monoisotopic (exact) mass is 622 g/mol. The molecule has 1 heterocycles. The first-order valence-corrected chi connectivity index (χ1v) is 16.2. The average Bonchev–Trinajstić information content (AvgIpc) is 3.78. The summed E-state index contributed by atoms with van der Waals surface area (Å²) >= 11 is 6.25. The van der Waals surface area contributed by atoms with Crippen LogP contribution < -0.4 is 16.0 Å². The molecule has 4 atom stereocenters. The number of benzene rings is 2. The fourth-order valence-electron chi connectivity index (χ4n) is 5.86. The van der Waals surface area contributed by atoms with Crippen LogP contribution >= 0.6 is 11.6 Å². The van der Waals surface area contributed by atoms with Crippen molar-refractivity contribution in [1.29, 1.82) is 0 Å². The van der Waals surface area contributed by atoms with Crippen LogP contribution in [0.3, 0.4) is 0 Å². The summed E-state index contributed by atoms with van der Waals surface area (Å²) < 4.78 is 48.1. The Labute approximate surface area is 252 Å². The highest BCUT2D eigenvalue weighted by Crippen LogP contribution is 2.35. The molecule has 0 spiro atoms. The number of halogens is 2. The van der Waals surface area contributed by atoms with Gasteiger partial charge in [0.1, 0.15) is 11.9 Å². The minimum absolute atomic E-state index is 0.0939. The largest absolute Gasteiger partial charge is 0.453 e. The molecule has 0 aromatic heterocycles. The van der Waals surface area contributed by atoms with E-state index in [1.54, 1.807) is 28.6 Å². The van der Waals surface area contributed by atoms with Crippen LogP contribution in [0.15, 0.2) is 42.5 Å². The molecule has 9 nitrogen and oxygen atoms in total. The maximum atomic E-state index is 15.3. The number of hydrogen-bond acceptors (Lipinski definition) is 6. The van der Waals surface area contributed by atoms with Gasteiger partial charge in [0, 0.05) is 47.4 Å². The van der Waals surface area contributed by atoms with Gasteiger partial charge in [-0.05, 0) is 68.4 Å². The van der Waals surface area contributed by atoms with Crippen LogP contribution in [0.2, 0.25) is 5.02 Å². The second-order valence-corrected chi connectivity index (χ2v) is 14.0. The van der Waals surface area contributed by atoms with Gasteiger partial charge in [-0.2, -0.15) is 4.31 Å². The molecule has 3 N–H and O–H groups in total. The van der Waals surface area contributed by atoms with Crippen LogP contribution in [0.1, 0.15) is 57.1 Å². The number of nitrogens with one attached hydrogen (secondary N) is 3. The minimum atomic E-state index is -3.43. The molecule has 1 saturated heterocycles. The van der Waals surface area contributed by atoms with Crippen LogP contribution in [0, 0.1) is 11.7 Å². The first-order valence-electron chi connectivity index (χ1n) is 14.3. The number of carbonyl (C=O) groups excluding carboxylic acids is 2. The summed E-state index contributed by atoms with van der Waals surface area (Å²) in [7, 11) is -2.22. The van der Waals surface area contributed by atoms with Gasteiger partial charge in [-0.1, -0.05) is 43.6 Å². The van der Waals surface area contributed by atoms with Crippen molar-refractivity contribution in [2.75, 3.05) is 25.5 Å². The maximum Gasteiger partial charge on any atom is 0.407 e. The smallest absolute Gasteiger partial charge is 0.407 e. The summed E-state index contributed by atoms with van der Waals surface area (Å²) in [5.74, 6) is -1.62. The van der Waals surface area contributed by atoms with E-state index in [0.717, 1.165) is 5.56 Å². The topological polar surface area (TPSA) is 117 Å². The van der Waals surface area contributed by atoms with Crippen LogP contribution in [-0.4, -0.2) is 68.3 Å². The van der Waals surface area contributed by atoms with Crippen molar-refractivity contribution in [2.24, 2.45) is 5.92 Å². The van der Waals surface area contributed by atoms with Crippen LogP contribution in [-0.2, 0) is 26.0 Å². The molecule has 2 amide bonds. The lowest BCUT2D eigenvalue weighted by Crippen LogP contribution is -2.59. The van der Waals surface area contributed by atoms with Crippen molar-refractivity contribution in [3.05, 3.63) is 64.4 Å². The number of carbonyl (C=O) groups is 2. The third-order valence-electron chi connectivity index (χ3n) is 8.01. The van der Waals surface area contributed by atoms with E-state index >= 15 is 4.39 Å². The molecule has 2 aromatic carbocycles. The van der Waals surface area contributed by atoms with Gasteiger partial charge in [-0.25, -0.2) is 17.6 Å².